The SMILES string of the molecule is Cc1cc(C)c(NC(=O)NCc2ccc(N(C)C)cc2)c(C)c1. The zero-order chi connectivity index (χ0) is 17.0. The first-order chi connectivity index (χ1) is 10.9. The summed E-state index contributed by atoms with van der Waals surface area (Å²) in [5, 5.41) is 5.85. The molecular formula is C19H25N3O. The quantitative estimate of drug-likeness (QED) is 0.896. The van der Waals surface area contributed by atoms with Gasteiger partial charge in [0.2, 0.25) is 0 Å². The average molecular weight is 311 g/mol. The number of amides is 2. The smallest absolute Gasteiger partial charge is 0.319 e. The summed E-state index contributed by atoms with van der Waals surface area (Å²) < 4.78 is 0. The Labute approximate surface area is 138 Å². The maximum atomic E-state index is 12.1. The largest absolute Gasteiger partial charge is 0.378 e. The van der Waals surface area contributed by atoms with Gasteiger partial charge in [-0.05, 0) is 49.6 Å². The molecule has 0 aliphatic carbocycles. The van der Waals surface area contributed by atoms with E-state index in [0.29, 0.717) is 6.54 Å². The molecule has 4 nitrogen and oxygen atoms in total. The van der Waals surface area contributed by atoms with Gasteiger partial charge in [-0.15, -0.1) is 0 Å². The molecule has 0 aliphatic heterocycles. The van der Waals surface area contributed by atoms with Gasteiger partial charge in [-0.2, -0.15) is 0 Å². The fourth-order valence-corrected chi connectivity index (χ4v) is 2.63. The van der Waals surface area contributed by atoms with E-state index in [-0.39, 0.29) is 6.03 Å². The van der Waals surface area contributed by atoms with E-state index in [2.05, 4.69) is 29.7 Å². The number of nitrogens with one attached hydrogen (secondary N) is 2. The van der Waals surface area contributed by atoms with Crippen LogP contribution in [0.15, 0.2) is 36.4 Å². The molecule has 0 unspecified atom stereocenters. The highest BCUT2D eigenvalue weighted by Gasteiger charge is 2.08. The summed E-state index contributed by atoms with van der Waals surface area (Å²) in [6, 6.07) is 12.1. The summed E-state index contributed by atoms with van der Waals surface area (Å²) >= 11 is 0. The number of nitrogens with zero attached hydrogens (tertiary/aromatic N) is 1. The first kappa shape index (κ1) is 16.9. The van der Waals surface area contributed by atoms with E-state index >= 15 is 0 Å². The molecule has 4 heteroatoms. The van der Waals surface area contributed by atoms with Crippen molar-refractivity contribution in [1.82, 2.24) is 5.32 Å². The molecule has 0 radical (unpaired) electrons. The molecule has 0 heterocycles. The van der Waals surface area contributed by atoms with Crippen LogP contribution in [0.3, 0.4) is 0 Å². The van der Waals surface area contributed by atoms with Gasteiger partial charge in [-0.25, -0.2) is 4.79 Å². The molecular weight excluding hydrogens is 286 g/mol. The Kier molecular flexibility index (Phi) is 5.27. The average Bonchev–Trinajstić information content (AvgIpc) is 2.49. The fraction of sp³-hybridized carbons (Fsp3) is 0.316. The van der Waals surface area contributed by atoms with E-state index in [1.165, 1.54) is 5.56 Å². The zero-order valence-electron chi connectivity index (χ0n) is 14.5. The Bertz CT molecular complexity index is 667. The van der Waals surface area contributed by atoms with Crippen LogP contribution in [0.5, 0.6) is 0 Å². The molecule has 2 aromatic carbocycles. The van der Waals surface area contributed by atoms with Gasteiger partial charge < -0.3 is 15.5 Å². The molecule has 0 aromatic heterocycles. The summed E-state index contributed by atoms with van der Waals surface area (Å²) in [5.41, 5.74) is 6.45. The molecule has 2 amide bonds. The minimum Gasteiger partial charge on any atom is -0.378 e. The van der Waals surface area contributed by atoms with Crippen molar-refractivity contribution in [3.63, 3.8) is 0 Å². The number of anilines is 2. The molecule has 0 bridgehead atoms. The number of carbonyl (C=O) groups excluding carboxylic acids is 1. The van der Waals surface area contributed by atoms with Crippen LogP contribution in [0.25, 0.3) is 0 Å². The summed E-state index contributed by atoms with van der Waals surface area (Å²) in [6.07, 6.45) is 0. The summed E-state index contributed by atoms with van der Waals surface area (Å²) in [4.78, 5) is 14.2. The molecule has 2 N–H and O–H groups in total. The topological polar surface area (TPSA) is 44.4 Å². The van der Waals surface area contributed by atoms with E-state index in [9.17, 15) is 4.79 Å². The lowest BCUT2D eigenvalue weighted by molar-refractivity contribution is 0.251. The van der Waals surface area contributed by atoms with Crippen LogP contribution >= 0.6 is 0 Å². The molecule has 122 valence electrons. The number of rotatable bonds is 4. The van der Waals surface area contributed by atoms with Gasteiger partial charge >= 0.3 is 6.03 Å². The molecule has 0 atom stereocenters. The molecule has 23 heavy (non-hydrogen) atoms. The Hall–Kier alpha value is -2.49. The third kappa shape index (κ3) is 4.49. The number of hydrogen-bond acceptors (Lipinski definition) is 2. The Morgan fingerprint density at radius 2 is 1.57 bits per heavy atom. The second kappa shape index (κ2) is 7.18. The van der Waals surface area contributed by atoms with E-state index in [1.807, 2.05) is 57.1 Å². The standard InChI is InChI=1S/C19H25N3O/c1-13-10-14(2)18(15(3)11-13)21-19(23)20-12-16-6-8-17(9-7-16)22(4)5/h6-11H,12H2,1-5H3,(H2,20,21,23). The van der Waals surface area contributed by atoms with Gasteiger partial charge in [0.05, 0.1) is 0 Å². The minimum atomic E-state index is -0.184. The van der Waals surface area contributed by atoms with Gasteiger partial charge in [0.25, 0.3) is 0 Å². The molecule has 0 aliphatic rings. The highest BCUT2D eigenvalue weighted by atomic mass is 16.2. The summed E-state index contributed by atoms with van der Waals surface area (Å²) in [7, 11) is 4.01. The monoisotopic (exact) mass is 311 g/mol. The van der Waals surface area contributed by atoms with Crippen LogP contribution in [0.2, 0.25) is 0 Å². The van der Waals surface area contributed by atoms with Crippen LogP contribution in [0.1, 0.15) is 22.3 Å². The molecule has 2 rings (SSSR count). The molecule has 0 spiro atoms. The number of carbonyl (C=O) groups is 1. The third-order valence-electron chi connectivity index (χ3n) is 3.82. The van der Waals surface area contributed by atoms with E-state index < -0.39 is 0 Å². The second-order valence-electron chi connectivity index (χ2n) is 6.14. The Balaban J connectivity index is 1.95. The predicted molar refractivity (Wildman–Crippen MR) is 97.3 cm³/mol. The lowest BCUT2D eigenvalue weighted by Gasteiger charge is -2.14. The number of aryl methyl sites for hydroxylation is 3. The predicted octanol–water partition coefficient (Wildman–Crippen LogP) is 4.00. The normalized spacial score (nSPS) is 10.3. The van der Waals surface area contributed by atoms with Crippen molar-refractivity contribution in [2.45, 2.75) is 27.3 Å². The zero-order valence-corrected chi connectivity index (χ0v) is 14.5. The van der Waals surface area contributed by atoms with Crippen LogP contribution in [-0.4, -0.2) is 20.1 Å². The molecule has 0 saturated heterocycles. The number of urea groups is 1. The van der Waals surface area contributed by atoms with E-state index in [0.717, 1.165) is 28.1 Å². The van der Waals surface area contributed by atoms with Crippen LogP contribution in [0.4, 0.5) is 16.2 Å². The highest BCUT2D eigenvalue weighted by molar-refractivity contribution is 5.91. The maximum absolute atomic E-state index is 12.1. The van der Waals surface area contributed by atoms with Gasteiger partial charge in [0.15, 0.2) is 0 Å². The van der Waals surface area contributed by atoms with Crippen molar-refractivity contribution in [2.24, 2.45) is 0 Å². The molecule has 2 aromatic rings. The lowest BCUT2D eigenvalue weighted by atomic mass is 10.1. The van der Waals surface area contributed by atoms with E-state index in [4.69, 9.17) is 0 Å². The maximum Gasteiger partial charge on any atom is 0.319 e. The Morgan fingerprint density at radius 1 is 1.00 bits per heavy atom. The minimum absolute atomic E-state index is 0.184. The first-order valence-corrected chi connectivity index (χ1v) is 7.76. The number of hydrogen-bond donors (Lipinski definition) is 2. The van der Waals surface area contributed by atoms with Gasteiger partial charge in [0.1, 0.15) is 0 Å². The summed E-state index contributed by atoms with van der Waals surface area (Å²) in [6.45, 7) is 6.58. The van der Waals surface area contributed by atoms with Gasteiger partial charge in [-0.3, -0.25) is 0 Å². The van der Waals surface area contributed by atoms with E-state index in [1.54, 1.807) is 0 Å². The summed E-state index contributed by atoms with van der Waals surface area (Å²) in [5.74, 6) is 0. The first-order valence-electron chi connectivity index (χ1n) is 7.76. The van der Waals surface area contributed by atoms with Gasteiger partial charge in [-0.1, -0.05) is 29.8 Å². The van der Waals surface area contributed by atoms with Crippen LogP contribution < -0.4 is 15.5 Å². The van der Waals surface area contributed by atoms with Crippen molar-refractivity contribution in [2.75, 3.05) is 24.3 Å². The lowest BCUT2D eigenvalue weighted by Crippen LogP contribution is -2.28. The second-order valence-corrected chi connectivity index (χ2v) is 6.14. The number of benzene rings is 2. The van der Waals surface area contributed by atoms with Crippen molar-refractivity contribution >= 4 is 17.4 Å². The van der Waals surface area contributed by atoms with Gasteiger partial charge in [0, 0.05) is 32.0 Å². The Morgan fingerprint density at radius 3 is 2.09 bits per heavy atom. The highest BCUT2D eigenvalue weighted by Crippen LogP contribution is 2.21. The fourth-order valence-electron chi connectivity index (χ4n) is 2.63. The van der Waals surface area contributed by atoms with Crippen molar-refractivity contribution in [1.29, 1.82) is 0 Å². The van der Waals surface area contributed by atoms with Crippen LogP contribution in [-0.2, 0) is 6.54 Å². The molecule has 0 fully saturated rings. The van der Waals surface area contributed by atoms with Crippen molar-refractivity contribution in [3.05, 3.63) is 58.7 Å². The molecule has 0 saturated carbocycles. The van der Waals surface area contributed by atoms with Crippen molar-refractivity contribution < 1.29 is 4.79 Å². The van der Waals surface area contributed by atoms with Crippen LogP contribution in [0, 0.1) is 20.8 Å². The van der Waals surface area contributed by atoms with Crippen molar-refractivity contribution in [3.8, 4) is 0 Å². The third-order valence-corrected chi connectivity index (χ3v) is 3.82.